The molecule has 1 aromatic rings. The maximum Gasteiger partial charge on any atom is 0.416 e. The second kappa shape index (κ2) is 4.52. The molecule has 1 N–H and O–H groups in total. The summed E-state index contributed by atoms with van der Waals surface area (Å²) in [6.07, 6.45) is -1.87. The average molecular weight is 246 g/mol. The van der Waals surface area contributed by atoms with Crippen LogP contribution in [0.4, 0.5) is 13.2 Å². The van der Waals surface area contributed by atoms with Gasteiger partial charge in [0.2, 0.25) is 5.56 Å². The summed E-state index contributed by atoms with van der Waals surface area (Å²) in [4.78, 5) is 15.3. The fourth-order valence-electron chi connectivity index (χ4n) is 1.86. The normalized spacial score (nSPS) is 16.9. The lowest BCUT2D eigenvalue weighted by Gasteiger charge is -2.30. The van der Waals surface area contributed by atoms with Crippen molar-refractivity contribution in [1.82, 2.24) is 9.88 Å². The molecular weight excluding hydrogens is 233 g/mol. The Balaban J connectivity index is 2.16. The van der Waals surface area contributed by atoms with E-state index in [1.165, 1.54) is 6.20 Å². The highest BCUT2D eigenvalue weighted by Crippen LogP contribution is 2.31. The molecule has 1 fully saturated rings. The van der Waals surface area contributed by atoms with Gasteiger partial charge in [-0.2, -0.15) is 13.2 Å². The molecule has 0 bridgehead atoms. The maximum absolute atomic E-state index is 12.7. The first-order valence-electron chi connectivity index (χ1n) is 5.48. The summed E-state index contributed by atoms with van der Waals surface area (Å²) in [6, 6.07) is 0.630. The van der Waals surface area contributed by atoms with Gasteiger partial charge in [-0.3, -0.25) is 4.79 Å². The number of likely N-dealkylation sites (tertiary alicyclic amines) is 1. The topological polar surface area (TPSA) is 36.1 Å². The summed E-state index contributed by atoms with van der Waals surface area (Å²) < 4.78 is 38.0. The molecule has 0 atom stereocenters. The van der Waals surface area contributed by atoms with Gasteiger partial charge in [0.05, 0.1) is 5.56 Å². The number of H-pyrrole nitrogens is 1. The van der Waals surface area contributed by atoms with Gasteiger partial charge in [0.25, 0.3) is 0 Å². The molecule has 0 radical (unpaired) electrons. The maximum atomic E-state index is 12.7. The van der Waals surface area contributed by atoms with Crippen LogP contribution in [-0.2, 0) is 12.6 Å². The van der Waals surface area contributed by atoms with Crippen molar-refractivity contribution in [2.45, 2.75) is 19.0 Å². The van der Waals surface area contributed by atoms with Crippen molar-refractivity contribution in [3.8, 4) is 0 Å². The number of alkyl halides is 3. The SMILES string of the molecule is O=c1cc(C(F)(F)F)c(CCN2CCC2)c[nH]1. The number of hydrogen-bond acceptors (Lipinski definition) is 2. The summed E-state index contributed by atoms with van der Waals surface area (Å²) in [5.74, 6) is 0. The first-order valence-corrected chi connectivity index (χ1v) is 5.48. The van der Waals surface area contributed by atoms with Crippen molar-refractivity contribution < 1.29 is 13.2 Å². The van der Waals surface area contributed by atoms with Gasteiger partial charge in [-0.15, -0.1) is 0 Å². The van der Waals surface area contributed by atoms with Crippen LogP contribution in [0.1, 0.15) is 17.5 Å². The van der Waals surface area contributed by atoms with Gasteiger partial charge in [-0.1, -0.05) is 0 Å². The van der Waals surface area contributed by atoms with Crippen LogP contribution in [0.3, 0.4) is 0 Å². The Morgan fingerprint density at radius 1 is 1.35 bits per heavy atom. The van der Waals surface area contributed by atoms with Gasteiger partial charge in [0.15, 0.2) is 0 Å². The van der Waals surface area contributed by atoms with Gasteiger partial charge in [-0.25, -0.2) is 0 Å². The van der Waals surface area contributed by atoms with Crippen LogP contribution in [0.25, 0.3) is 0 Å². The summed E-state index contributed by atoms with van der Waals surface area (Å²) in [7, 11) is 0. The first kappa shape index (κ1) is 12.2. The Labute approximate surface area is 96.3 Å². The van der Waals surface area contributed by atoms with Crippen molar-refractivity contribution in [3.63, 3.8) is 0 Å². The van der Waals surface area contributed by atoms with Crippen LogP contribution < -0.4 is 5.56 Å². The van der Waals surface area contributed by atoms with Crippen LogP contribution in [0.15, 0.2) is 17.1 Å². The largest absolute Gasteiger partial charge is 0.416 e. The molecule has 1 saturated heterocycles. The predicted octanol–water partition coefficient (Wildman–Crippen LogP) is 1.64. The quantitative estimate of drug-likeness (QED) is 0.880. The molecule has 6 heteroatoms. The summed E-state index contributed by atoms with van der Waals surface area (Å²) >= 11 is 0. The third-order valence-electron chi connectivity index (χ3n) is 2.96. The van der Waals surface area contributed by atoms with E-state index < -0.39 is 17.3 Å². The Morgan fingerprint density at radius 2 is 2.06 bits per heavy atom. The molecule has 0 unspecified atom stereocenters. The van der Waals surface area contributed by atoms with Crippen LogP contribution in [0.2, 0.25) is 0 Å². The number of hydrogen-bond donors (Lipinski definition) is 1. The van der Waals surface area contributed by atoms with E-state index in [2.05, 4.69) is 9.88 Å². The van der Waals surface area contributed by atoms with Crippen molar-refractivity contribution >= 4 is 0 Å². The second-order valence-electron chi connectivity index (χ2n) is 4.18. The van der Waals surface area contributed by atoms with E-state index >= 15 is 0 Å². The fraction of sp³-hybridized carbons (Fsp3) is 0.545. The van der Waals surface area contributed by atoms with E-state index in [1.54, 1.807) is 0 Å². The Kier molecular flexibility index (Phi) is 3.24. The van der Waals surface area contributed by atoms with Crippen LogP contribution in [0.5, 0.6) is 0 Å². The summed E-state index contributed by atoms with van der Waals surface area (Å²) in [5.41, 5.74) is -1.38. The zero-order chi connectivity index (χ0) is 12.5. The molecule has 3 nitrogen and oxygen atoms in total. The molecule has 0 amide bonds. The van der Waals surface area contributed by atoms with Gasteiger partial charge in [0.1, 0.15) is 0 Å². The van der Waals surface area contributed by atoms with E-state index in [-0.39, 0.29) is 5.56 Å². The van der Waals surface area contributed by atoms with E-state index in [1.807, 2.05) is 0 Å². The van der Waals surface area contributed by atoms with Crippen molar-refractivity contribution in [2.24, 2.45) is 0 Å². The van der Waals surface area contributed by atoms with Crippen LogP contribution in [-0.4, -0.2) is 29.5 Å². The minimum Gasteiger partial charge on any atom is -0.329 e. The summed E-state index contributed by atoms with van der Waals surface area (Å²) in [5, 5.41) is 0. The van der Waals surface area contributed by atoms with Crippen molar-refractivity contribution in [1.29, 1.82) is 0 Å². The number of pyridine rings is 1. The van der Waals surface area contributed by atoms with Gasteiger partial charge < -0.3 is 9.88 Å². The highest BCUT2D eigenvalue weighted by Gasteiger charge is 2.33. The lowest BCUT2D eigenvalue weighted by Crippen LogP contribution is -2.38. The van der Waals surface area contributed by atoms with E-state index in [0.29, 0.717) is 19.0 Å². The molecule has 0 aliphatic carbocycles. The molecule has 94 valence electrons. The Hall–Kier alpha value is -1.30. The molecule has 1 aromatic heterocycles. The van der Waals surface area contributed by atoms with Crippen LogP contribution >= 0.6 is 0 Å². The van der Waals surface area contributed by atoms with Crippen LogP contribution in [0, 0.1) is 0 Å². The minimum absolute atomic E-state index is 0.156. The molecule has 1 aliphatic heterocycles. The molecule has 1 aliphatic rings. The minimum atomic E-state index is -4.46. The zero-order valence-electron chi connectivity index (χ0n) is 9.18. The van der Waals surface area contributed by atoms with Gasteiger partial charge in [-0.05, 0) is 31.5 Å². The highest BCUT2D eigenvalue weighted by molar-refractivity contribution is 5.26. The number of rotatable bonds is 3. The monoisotopic (exact) mass is 246 g/mol. The number of halogens is 3. The van der Waals surface area contributed by atoms with E-state index in [0.717, 1.165) is 19.5 Å². The predicted molar refractivity (Wildman–Crippen MR) is 56.8 cm³/mol. The van der Waals surface area contributed by atoms with Crippen molar-refractivity contribution in [2.75, 3.05) is 19.6 Å². The molecular formula is C11H13F3N2O. The lowest BCUT2D eigenvalue weighted by atomic mass is 10.1. The molecule has 2 rings (SSSR count). The summed E-state index contributed by atoms with van der Waals surface area (Å²) in [6.45, 7) is 2.50. The number of nitrogens with one attached hydrogen (secondary N) is 1. The molecule has 2 heterocycles. The molecule has 0 aromatic carbocycles. The average Bonchev–Trinajstić information content (AvgIpc) is 2.16. The number of aromatic amines is 1. The number of nitrogens with zero attached hydrogens (tertiary/aromatic N) is 1. The second-order valence-corrected chi connectivity index (χ2v) is 4.18. The molecule has 17 heavy (non-hydrogen) atoms. The molecule has 0 spiro atoms. The van der Waals surface area contributed by atoms with E-state index in [4.69, 9.17) is 0 Å². The third kappa shape index (κ3) is 2.88. The highest BCUT2D eigenvalue weighted by atomic mass is 19.4. The van der Waals surface area contributed by atoms with Gasteiger partial charge >= 0.3 is 6.18 Å². The standard InChI is InChI=1S/C11H13F3N2O/c12-11(13,14)9-6-10(17)15-7-8(9)2-5-16-3-1-4-16/h6-7H,1-5H2,(H,15,17). The number of aromatic nitrogens is 1. The van der Waals surface area contributed by atoms with Crippen molar-refractivity contribution in [3.05, 3.63) is 33.7 Å². The Morgan fingerprint density at radius 3 is 2.59 bits per heavy atom. The first-order chi connectivity index (χ1) is 7.97. The van der Waals surface area contributed by atoms with Gasteiger partial charge in [0, 0.05) is 18.8 Å². The van der Waals surface area contributed by atoms with E-state index in [9.17, 15) is 18.0 Å². The fourth-order valence-corrected chi connectivity index (χ4v) is 1.86. The third-order valence-corrected chi connectivity index (χ3v) is 2.96. The molecule has 0 saturated carbocycles. The Bertz CT molecular complexity index is 449. The zero-order valence-corrected chi connectivity index (χ0v) is 9.18. The lowest BCUT2D eigenvalue weighted by molar-refractivity contribution is -0.138. The smallest absolute Gasteiger partial charge is 0.329 e.